The monoisotopic (exact) mass is 478 g/mol. The topological polar surface area (TPSA) is 151 Å². The van der Waals surface area contributed by atoms with Crippen LogP contribution in [0.25, 0.3) is 0 Å². The molecule has 12 heteroatoms. The second-order valence-electron chi connectivity index (χ2n) is 6.75. The molecule has 0 spiro atoms. The van der Waals surface area contributed by atoms with E-state index >= 15 is 0 Å². The zero-order valence-electron chi connectivity index (χ0n) is 17.5. The summed E-state index contributed by atoms with van der Waals surface area (Å²) < 4.78 is 2.88. The lowest BCUT2D eigenvalue weighted by molar-refractivity contribution is -0.122. The van der Waals surface area contributed by atoms with E-state index in [4.69, 9.17) is 11.5 Å². The van der Waals surface area contributed by atoms with Crippen molar-refractivity contribution < 1.29 is 19.2 Å². The summed E-state index contributed by atoms with van der Waals surface area (Å²) in [5.74, 6) is -0.918. The third-order valence-corrected chi connectivity index (χ3v) is 5.84. The van der Waals surface area contributed by atoms with Gasteiger partial charge in [-0.05, 0) is 53.6 Å². The minimum Gasteiger partial charge on any atom is -0.320 e. The Balaban J connectivity index is 0.000000244. The molecule has 0 radical (unpaired) electrons. The van der Waals surface area contributed by atoms with Gasteiger partial charge in [0.15, 0.2) is 0 Å². The van der Waals surface area contributed by atoms with Crippen LogP contribution in [0, 0.1) is 0 Å². The highest BCUT2D eigenvalue weighted by molar-refractivity contribution is 8.00. The van der Waals surface area contributed by atoms with Crippen LogP contribution < -0.4 is 22.1 Å². The third-order valence-electron chi connectivity index (χ3n) is 4.07. The van der Waals surface area contributed by atoms with Crippen molar-refractivity contribution in [2.45, 2.75) is 25.4 Å². The van der Waals surface area contributed by atoms with E-state index in [1.807, 2.05) is 42.5 Å². The van der Waals surface area contributed by atoms with Crippen LogP contribution >= 0.6 is 23.9 Å². The van der Waals surface area contributed by atoms with Gasteiger partial charge in [0.2, 0.25) is 11.8 Å². The highest BCUT2D eigenvalue weighted by Crippen LogP contribution is 2.18. The molecule has 0 unspecified atom stereocenters. The molecule has 2 aliphatic rings. The van der Waals surface area contributed by atoms with Crippen LogP contribution in [0.4, 0.5) is 9.59 Å². The van der Waals surface area contributed by atoms with E-state index in [1.165, 1.54) is 39.4 Å². The van der Waals surface area contributed by atoms with Crippen LogP contribution in [0.15, 0.2) is 53.3 Å². The zero-order chi connectivity index (χ0) is 23.5. The normalized spacial score (nSPS) is 16.1. The first kappa shape index (κ1) is 25.5. The van der Waals surface area contributed by atoms with Gasteiger partial charge in [-0.1, -0.05) is 42.5 Å². The average Bonchev–Trinajstić information content (AvgIpc) is 3.49. The Morgan fingerprint density at radius 2 is 1.41 bits per heavy atom. The Morgan fingerprint density at radius 1 is 0.906 bits per heavy atom. The number of hydrogen-bond acceptors (Lipinski definition) is 8. The van der Waals surface area contributed by atoms with Crippen LogP contribution in [0.2, 0.25) is 0 Å². The standard InChI is InChI=1S/C13H15N3O2S.C7H11N3O2S/c14-11(9-10-5-2-1-3-6-10)12(17)15-13(18)16-7-4-8-19-16;1-5(8)6(11)9-7(12)10-3-2-4-13-10/h1-6,8,11H,7,9,14H2,(H,15,17,18);2,4-5H,3,8H2,1H3,(H,9,11,12)/t11-;5-/m00/s1. The lowest BCUT2D eigenvalue weighted by Crippen LogP contribution is -2.47. The van der Waals surface area contributed by atoms with Crippen molar-refractivity contribution in [1.82, 2.24) is 19.2 Å². The van der Waals surface area contributed by atoms with E-state index in [0.29, 0.717) is 19.5 Å². The van der Waals surface area contributed by atoms with Crippen molar-refractivity contribution in [2.24, 2.45) is 11.5 Å². The lowest BCUT2D eigenvalue weighted by atomic mass is 10.1. The summed E-state index contributed by atoms with van der Waals surface area (Å²) >= 11 is 2.51. The van der Waals surface area contributed by atoms with Gasteiger partial charge in [0, 0.05) is 0 Å². The van der Waals surface area contributed by atoms with Crippen LogP contribution in [-0.4, -0.2) is 57.7 Å². The molecule has 2 aliphatic heterocycles. The smallest absolute Gasteiger partial charge is 0.320 e. The van der Waals surface area contributed by atoms with Gasteiger partial charge in [-0.25, -0.2) is 9.59 Å². The van der Waals surface area contributed by atoms with Gasteiger partial charge in [0.25, 0.3) is 0 Å². The van der Waals surface area contributed by atoms with Crippen molar-refractivity contribution in [1.29, 1.82) is 0 Å². The molecule has 0 saturated heterocycles. The van der Waals surface area contributed by atoms with Gasteiger partial charge >= 0.3 is 12.1 Å². The summed E-state index contributed by atoms with van der Waals surface area (Å²) in [6, 6.07) is 7.23. The molecule has 6 N–H and O–H groups in total. The van der Waals surface area contributed by atoms with Crippen molar-refractivity contribution in [3.63, 3.8) is 0 Å². The van der Waals surface area contributed by atoms with Gasteiger partial charge in [-0.15, -0.1) is 0 Å². The first-order valence-electron chi connectivity index (χ1n) is 9.71. The fraction of sp³-hybridized carbons (Fsp3) is 0.300. The molecular weight excluding hydrogens is 452 g/mol. The quantitative estimate of drug-likeness (QED) is 0.473. The minimum absolute atomic E-state index is 0.408. The second-order valence-corrected chi connectivity index (χ2v) is 8.60. The van der Waals surface area contributed by atoms with E-state index < -0.39 is 36.0 Å². The Hall–Kier alpha value is -2.80. The summed E-state index contributed by atoms with van der Waals surface area (Å²) in [6.07, 6.45) is 4.09. The maximum Gasteiger partial charge on any atom is 0.334 e. The molecule has 2 heterocycles. The van der Waals surface area contributed by atoms with Gasteiger partial charge in [-0.2, -0.15) is 0 Å². The van der Waals surface area contributed by atoms with Crippen molar-refractivity contribution in [2.75, 3.05) is 13.1 Å². The molecule has 0 aromatic heterocycles. The summed E-state index contributed by atoms with van der Waals surface area (Å²) in [5.41, 5.74) is 12.0. The number of nitrogens with two attached hydrogens (primary N) is 2. The van der Waals surface area contributed by atoms with Crippen LogP contribution in [0.5, 0.6) is 0 Å². The van der Waals surface area contributed by atoms with Crippen molar-refractivity contribution in [3.05, 3.63) is 58.9 Å². The number of imide groups is 2. The maximum atomic E-state index is 11.8. The fourth-order valence-electron chi connectivity index (χ4n) is 2.36. The molecule has 2 atom stereocenters. The second kappa shape index (κ2) is 12.9. The van der Waals surface area contributed by atoms with Gasteiger partial charge in [-0.3, -0.25) is 28.8 Å². The summed E-state index contributed by atoms with van der Waals surface area (Å²) in [4.78, 5) is 45.7. The Bertz CT molecular complexity index is 862. The molecule has 10 nitrogen and oxygen atoms in total. The molecule has 1 aromatic carbocycles. The molecular formula is C20H26N6O4S2. The number of amides is 6. The largest absolute Gasteiger partial charge is 0.334 e. The summed E-state index contributed by atoms with van der Waals surface area (Å²) in [6.45, 7) is 2.54. The summed E-state index contributed by atoms with van der Waals surface area (Å²) in [7, 11) is 0. The minimum atomic E-state index is -0.730. The summed E-state index contributed by atoms with van der Waals surface area (Å²) in [5, 5.41) is 8.07. The first-order chi connectivity index (χ1) is 15.3. The zero-order valence-corrected chi connectivity index (χ0v) is 19.1. The van der Waals surface area contributed by atoms with Gasteiger partial charge in [0.05, 0.1) is 25.2 Å². The van der Waals surface area contributed by atoms with E-state index in [0.717, 1.165) is 5.56 Å². The van der Waals surface area contributed by atoms with E-state index in [-0.39, 0.29) is 0 Å². The number of rotatable bonds is 4. The molecule has 172 valence electrons. The van der Waals surface area contributed by atoms with Crippen LogP contribution in [0.3, 0.4) is 0 Å². The highest BCUT2D eigenvalue weighted by Gasteiger charge is 2.22. The molecule has 32 heavy (non-hydrogen) atoms. The van der Waals surface area contributed by atoms with Crippen molar-refractivity contribution >= 4 is 47.8 Å². The molecule has 0 fully saturated rings. The van der Waals surface area contributed by atoms with Crippen molar-refractivity contribution in [3.8, 4) is 0 Å². The number of nitrogens with one attached hydrogen (secondary N) is 2. The van der Waals surface area contributed by atoms with Gasteiger partial charge in [0.1, 0.15) is 0 Å². The average molecular weight is 479 g/mol. The predicted molar refractivity (Wildman–Crippen MR) is 126 cm³/mol. The predicted octanol–water partition coefficient (Wildman–Crippen LogP) is 1.32. The number of carbonyl (C=O) groups is 4. The number of carbonyl (C=O) groups excluding carboxylic acids is 4. The van der Waals surface area contributed by atoms with Gasteiger partial charge < -0.3 is 11.5 Å². The molecule has 0 bridgehead atoms. The Labute approximate surface area is 195 Å². The van der Waals surface area contributed by atoms with E-state index in [9.17, 15) is 19.2 Å². The fourth-order valence-corrected chi connectivity index (χ4v) is 3.63. The molecule has 1 aromatic rings. The Kier molecular flexibility index (Phi) is 10.3. The van der Waals surface area contributed by atoms with Crippen LogP contribution in [0.1, 0.15) is 12.5 Å². The maximum absolute atomic E-state index is 11.8. The first-order valence-corrected chi connectivity index (χ1v) is 11.4. The van der Waals surface area contributed by atoms with Crippen LogP contribution in [-0.2, 0) is 16.0 Å². The SMILES string of the molecule is C[C@H](N)C(=O)NC(=O)N1CC=CS1.N[C@@H](Cc1ccccc1)C(=O)NC(=O)N1CC=CS1. The number of urea groups is 2. The number of hydrogen-bond donors (Lipinski definition) is 4. The molecule has 6 amide bonds. The number of nitrogens with zero attached hydrogens (tertiary/aromatic N) is 2. The molecule has 3 rings (SSSR count). The Morgan fingerprint density at radius 3 is 1.84 bits per heavy atom. The number of benzene rings is 1. The highest BCUT2D eigenvalue weighted by atomic mass is 32.2. The van der Waals surface area contributed by atoms with E-state index in [1.54, 1.807) is 10.8 Å². The third kappa shape index (κ3) is 8.38. The van der Waals surface area contributed by atoms with E-state index in [2.05, 4.69) is 10.6 Å². The molecule has 0 aliphatic carbocycles. The molecule has 0 saturated carbocycles. The lowest BCUT2D eigenvalue weighted by Gasteiger charge is -2.16.